The van der Waals surface area contributed by atoms with E-state index < -0.39 is 37.7 Å². The maximum Gasteiger partial charge on any atom is 0.353 e. The Balaban J connectivity index is 1.99. The average molecular weight is 360 g/mol. The first-order chi connectivity index (χ1) is 11.2. The van der Waals surface area contributed by atoms with Crippen LogP contribution in [-0.2, 0) is 25.2 Å². The van der Waals surface area contributed by atoms with Crippen LogP contribution in [0.5, 0.6) is 0 Å². The first-order valence-corrected chi connectivity index (χ1v) is 9.16. The third kappa shape index (κ3) is 4.96. The molecule has 2 heterocycles. The zero-order valence-corrected chi connectivity index (χ0v) is 14.3. The first-order valence-electron chi connectivity index (χ1n) is 7.40. The number of hydrogen-bond acceptors (Lipinski definition) is 7. The summed E-state index contributed by atoms with van der Waals surface area (Å²) in [5.41, 5.74) is 5.13. The van der Waals surface area contributed by atoms with Gasteiger partial charge in [0.05, 0.1) is 19.2 Å². The van der Waals surface area contributed by atoms with Gasteiger partial charge in [-0.05, 0) is 12.0 Å². The molecule has 1 aromatic heterocycles. The van der Waals surface area contributed by atoms with E-state index in [1.165, 1.54) is 16.8 Å². The van der Waals surface area contributed by atoms with Gasteiger partial charge in [0, 0.05) is 6.20 Å². The Kier molecular flexibility index (Phi) is 5.89. The number of carbonyl (C=O) groups is 1. The van der Waals surface area contributed by atoms with Gasteiger partial charge in [0.2, 0.25) is 5.91 Å². The van der Waals surface area contributed by atoms with Crippen LogP contribution in [-0.4, -0.2) is 45.5 Å². The van der Waals surface area contributed by atoms with Crippen LogP contribution in [0.1, 0.15) is 13.8 Å². The van der Waals surface area contributed by atoms with Crippen molar-refractivity contribution in [2.75, 3.05) is 18.3 Å². The summed E-state index contributed by atoms with van der Waals surface area (Å²) in [4.78, 5) is 36.8. The van der Waals surface area contributed by atoms with Crippen LogP contribution in [0, 0.1) is 5.92 Å². The third-order valence-corrected chi connectivity index (χ3v) is 4.51. The summed E-state index contributed by atoms with van der Waals surface area (Å²) in [5.74, 6) is -0.355. The fourth-order valence-electron chi connectivity index (χ4n) is 1.96. The van der Waals surface area contributed by atoms with Crippen molar-refractivity contribution in [1.29, 1.82) is 0 Å². The molecule has 134 valence electrons. The second kappa shape index (κ2) is 7.54. The minimum atomic E-state index is -3.67. The van der Waals surface area contributed by atoms with Crippen molar-refractivity contribution in [2.45, 2.75) is 32.5 Å². The second-order valence-electron chi connectivity index (χ2n) is 5.86. The zero-order valence-electron chi connectivity index (χ0n) is 13.4. The highest BCUT2D eigenvalue weighted by Gasteiger charge is 2.30. The molecule has 0 aromatic carbocycles. The second-order valence-corrected chi connectivity index (χ2v) is 7.65. The highest BCUT2D eigenvalue weighted by Crippen LogP contribution is 2.44. The van der Waals surface area contributed by atoms with Gasteiger partial charge in [0.15, 0.2) is 0 Å². The molecule has 4 N–H and O–H groups in total. The SMILES string of the molecule is CC(C)C(N)C(=O)Nc1ccn(C[C@@H]2COP(=O)(O)CO2)c(=O)n1. The van der Waals surface area contributed by atoms with E-state index in [0.29, 0.717) is 0 Å². The lowest BCUT2D eigenvalue weighted by atomic mass is 10.1. The van der Waals surface area contributed by atoms with Crippen molar-refractivity contribution in [3.8, 4) is 0 Å². The van der Waals surface area contributed by atoms with Crippen molar-refractivity contribution in [1.82, 2.24) is 9.55 Å². The minimum Gasteiger partial charge on any atom is -0.361 e. The number of nitrogens with one attached hydrogen (secondary N) is 1. The van der Waals surface area contributed by atoms with E-state index in [1.807, 2.05) is 13.8 Å². The van der Waals surface area contributed by atoms with Gasteiger partial charge < -0.3 is 25.2 Å². The van der Waals surface area contributed by atoms with Crippen molar-refractivity contribution < 1.29 is 23.5 Å². The van der Waals surface area contributed by atoms with Crippen LogP contribution in [0.25, 0.3) is 0 Å². The largest absolute Gasteiger partial charge is 0.361 e. The number of aromatic nitrogens is 2. The van der Waals surface area contributed by atoms with Gasteiger partial charge in [0.25, 0.3) is 0 Å². The van der Waals surface area contributed by atoms with Gasteiger partial charge in [-0.1, -0.05) is 13.8 Å². The van der Waals surface area contributed by atoms with Crippen LogP contribution < -0.4 is 16.7 Å². The molecule has 1 aliphatic rings. The molecule has 2 unspecified atom stereocenters. The highest BCUT2D eigenvalue weighted by atomic mass is 31.2. The van der Waals surface area contributed by atoms with E-state index >= 15 is 0 Å². The summed E-state index contributed by atoms with van der Waals surface area (Å²) in [6, 6.07) is 0.767. The molecule has 1 aromatic rings. The maximum absolute atomic E-state index is 12.0. The Hall–Kier alpha value is -1.58. The van der Waals surface area contributed by atoms with Gasteiger partial charge in [-0.3, -0.25) is 13.9 Å². The van der Waals surface area contributed by atoms with Crippen molar-refractivity contribution in [3.05, 3.63) is 22.7 Å². The van der Waals surface area contributed by atoms with E-state index in [1.54, 1.807) is 0 Å². The maximum atomic E-state index is 12.0. The van der Waals surface area contributed by atoms with Crippen molar-refractivity contribution in [2.24, 2.45) is 11.7 Å². The van der Waals surface area contributed by atoms with E-state index in [9.17, 15) is 19.0 Å². The van der Waals surface area contributed by atoms with Gasteiger partial charge in [-0.2, -0.15) is 4.98 Å². The first kappa shape index (κ1) is 18.8. The van der Waals surface area contributed by atoms with E-state index in [4.69, 9.17) is 15.0 Å². The molecule has 1 saturated heterocycles. The Morgan fingerprint density at radius 1 is 1.62 bits per heavy atom. The number of ether oxygens (including phenoxy) is 1. The quantitative estimate of drug-likeness (QED) is 0.608. The van der Waals surface area contributed by atoms with Crippen LogP contribution in [0.4, 0.5) is 5.82 Å². The number of hydrogen-bond donors (Lipinski definition) is 3. The van der Waals surface area contributed by atoms with Crippen molar-refractivity contribution in [3.63, 3.8) is 0 Å². The predicted molar refractivity (Wildman–Crippen MR) is 85.5 cm³/mol. The predicted octanol–water partition coefficient (Wildman–Crippen LogP) is -0.277. The van der Waals surface area contributed by atoms with E-state index in [0.717, 1.165) is 0 Å². The molecule has 1 aliphatic heterocycles. The number of nitrogens with zero attached hydrogens (tertiary/aromatic N) is 2. The molecule has 11 heteroatoms. The standard InChI is InChI=1S/C13H21N4O6P/c1-8(2)11(14)12(18)15-10-3-4-17(13(19)16-10)5-9-6-23-24(20,21)7-22-9/h3-4,8-9,11H,5-7,14H2,1-2H3,(H,20,21)(H,15,16,18,19)/t9-,11?/m1/s1. The smallest absolute Gasteiger partial charge is 0.353 e. The molecule has 0 spiro atoms. The van der Waals surface area contributed by atoms with Gasteiger partial charge in [-0.25, -0.2) is 4.79 Å². The van der Waals surface area contributed by atoms with Crippen LogP contribution in [0.2, 0.25) is 0 Å². The van der Waals surface area contributed by atoms with E-state index in [2.05, 4.69) is 10.3 Å². The molecule has 0 aliphatic carbocycles. The molecule has 1 amide bonds. The number of carbonyl (C=O) groups excluding carboxylic acids is 1. The molecule has 0 radical (unpaired) electrons. The van der Waals surface area contributed by atoms with Gasteiger partial charge in [0.1, 0.15) is 18.3 Å². The number of amides is 1. The Morgan fingerprint density at radius 3 is 2.88 bits per heavy atom. The van der Waals surface area contributed by atoms with Gasteiger partial charge >= 0.3 is 13.3 Å². The lowest BCUT2D eigenvalue weighted by Gasteiger charge is -2.26. The topological polar surface area (TPSA) is 146 Å². The number of nitrogens with two attached hydrogens (primary N) is 1. The summed E-state index contributed by atoms with van der Waals surface area (Å²) in [5, 5.41) is 2.49. The summed E-state index contributed by atoms with van der Waals surface area (Å²) in [7, 11) is -3.67. The fourth-order valence-corrected chi connectivity index (χ4v) is 2.83. The molecule has 24 heavy (non-hydrogen) atoms. The summed E-state index contributed by atoms with van der Waals surface area (Å²) >= 11 is 0. The molecular formula is C13H21N4O6P. The fraction of sp³-hybridized carbons (Fsp3) is 0.615. The van der Waals surface area contributed by atoms with Crippen LogP contribution in [0.3, 0.4) is 0 Å². The minimum absolute atomic E-state index is 0.0451. The molecule has 3 atom stereocenters. The summed E-state index contributed by atoms with van der Waals surface area (Å²) in [6.45, 7) is 3.65. The third-order valence-electron chi connectivity index (χ3n) is 3.48. The normalized spacial score (nSPS) is 25.5. The monoisotopic (exact) mass is 360 g/mol. The molecule has 2 rings (SSSR count). The molecule has 0 bridgehead atoms. The molecular weight excluding hydrogens is 339 g/mol. The average Bonchev–Trinajstić information content (AvgIpc) is 2.50. The Labute approximate surface area is 138 Å². The number of anilines is 1. The lowest BCUT2D eigenvalue weighted by molar-refractivity contribution is -0.118. The molecule has 10 nitrogen and oxygen atoms in total. The van der Waals surface area contributed by atoms with Crippen molar-refractivity contribution >= 4 is 19.3 Å². The zero-order chi connectivity index (χ0) is 17.9. The summed E-state index contributed by atoms with van der Waals surface area (Å²) in [6.07, 6.45) is 0.497. The Bertz CT molecular complexity index is 694. The molecule has 1 fully saturated rings. The van der Waals surface area contributed by atoms with Crippen LogP contribution >= 0.6 is 7.60 Å². The molecule has 0 saturated carbocycles. The summed E-state index contributed by atoms with van der Waals surface area (Å²) < 4.78 is 22.5. The number of rotatable bonds is 5. The lowest BCUT2D eigenvalue weighted by Crippen LogP contribution is -2.40. The van der Waals surface area contributed by atoms with Gasteiger partial charge in [-0.15, -0.1) is 0 Å². The Morgan fingerprint density at radius 2 is 2.33 bits per heavy atom. The highest BCUT2D eigenvalue weighted by molar-refractivity contribution is 7.52. The van der Waals surface area contributed by atoms with Crippen LogP contribution in [0.15, 0.2) is 17.1 Å². The van der Waals surface area contributed by atoms with E-state index in [-0.39, 0.29) is 24.9 Å².